The molecular formula is C29H57NO2. The predicted octanol–water partition coefficient (Wildman–Crippen LogP) is 8.34. The van der Waals surface area contributed by atoms with Crippen molar-refractivity contribution in [3.8, 4) is 0 Å². The quantitative estimate of drug-likeness (QED) is 0.103. The number of hydrogen-bond acceptors (Lipinski definition) is 3. The zero-order valence-electron chi connectivity index (χ0n) is 22.3. The smallest absolute Gasteiger partial charge is 0.0644 e. The summed E-state index contributed by atoms with van der Waals surface area (Å²) in [5, 5.41) is 0. The molecule has 1 unspecified atom stereocenters. The summed E-state index contributed by atoms with van der Waals surface area (Å²) in [6, 6.07) is 0.366. The van der Waals surface area contributed by atoms with Gasteiger partial charge in [-0.15, -0.1) is 0 Å². The minimum atomic E-state index is 0.366. The van der Waals surface area contributed by atoms with Gasteiger partial charge in [-0.2, -0.15) is 0 Å². The van der Waals surface area contributed by atoms with Crippen LogP contribution in [-0.2, 0) is 9.47 Å². The number of unbranched alkanes of at least 4 members (excludes halogenated alkanes) is 12. The van der Waals surface area contributed by atoms with Gasteiger partial charge in [0, 0.05) is 13.2 Å². The highest BCUT2D eigenvalue weighted by molar-refractivity contribution is 4.92. The van der Waals surface area contributed by atoms with Crippen molar-refractivity contribution in [3.05, 3.63) is 24.3 Å². The minimum Gasteiger partial charge on any atom is -0.380 e. The number of nitrogens with zero attached hydrogens (tertiary/aromatic N) is 1. The number of rotatable bonds is 25. The molecule has 0 fully saturated rings. The molecule has 0 bridgehead atoms. The highest BCUT2D eigenvalue weighted by atomic mass is 16.5. The van der Waals surface area contributed by atoms with Crippen molar-refractivity contribution in [2.24, 2.45) is 0 Å². The second kappa shape index (κ2) is 26.6. The molecular weight excluding hydrogens is 394 g/mol. The maximum absolute atomic E-state index is 5.94. The van der Waals surface area contributed by atoms with Gasteiger partial charge in [-0.1, -0.05) is 95.9 Å². The molecule has 0 saturated carbocycles. The van der Waals surface area contributed by atoms with Crippen LogP contribution in [0, 0.1) is 0 Å². The molecule has 3 nitrogen and oxygen atoms in total. The third kappa shape index (κ3) is 24.0. The molecule has 0 aliphatic rings. The lowest BCUT2D eigenvalue weighted by Gasteiger charge is -2.24. The molecule has 3 heteroatoms. The molecule has 0 amide bonds. The van der Waals surface area contributed by atoms with E-state index in [9.17, 15) is 0 Å². The Hall–Kier alpha value is -0.640. The van der Waals surface area contributed by atoms with E-state index in [4.69, 9.17) is 9.47 Å². The first-order valence-electron chi connectivity index (χ1n) is 13.8. The van der Waals surface area contributed by atoms with E-state index in [0.717, 1.165) is 32.8 Å². The maximum atomic E-state index is 5.94. The molecule has 0 heterocycles. The molecule has 0 aromatic rings. The van der Waals surface area contributed by atoms with Crippen LogP contribution in [0.25, 0.3) is 0 Å². The summed E-state index contributed by atoms with van der Waals surface area (Å²) >= 11 is 0. The van der Waals surface area contributed by atoms with Gasteiger partial charge in [0.15, 0.2) is 0 Å². The predicted molar refractivity (Wildman–Crippen MR) is 143 cm³/mol. The van der Waals surface area contributed by atoms with Gasteiger partial charge in [0.05, 0.1) is 19.3 Å². The van der Waals surface area contributed by atoms with Crippen LogP contribution in [0.15, 0.2) is 24.3 Å². The molecule has 0 N–H and O–H groups in total. The van der Waals surface area contributed by atoms with Gasteiger partial charge in [0.1, 0.15) is 0 Å². The van der Waals surface area contributed by atoms with E-state index in [2.05, 4.69) is 57.1 Å². The first kappa shape index (κ1) is 31.4. The van der Waals surface area contributed by atoms with Crippen LogP contribution in [0.1, 0.15) is 117 Å². The largest absolute Gasteiger partial charge is 0.380 e. The summed E-state index contributed by atoms with van der Waals surface area (Å²) in [6.07, 6.45) is 29.9. The van der Waals surface area contributed by atoms with E-state index < -0.39 is 0 Å². The molecule has 190 valence electrons. The molecule has 0 saturated heterocycles. The third-order valence-electron chi connectivity index (χ3n) is 5.98. The van der Waals surface area contributed by atoms with E-state index in [0.29, 0.717) is 6.04 Å². The Morgan fingerprint density at radius 2 is 1.00 bits per heavy atom. The zero-order chi connectivity index (χ0) is 23.5. The fraction of sp³-hybridized carbons (Fsp3) is 0.862. The highest BCUT2D eigenvalue weighted by Crippen LogP contribution is 2.09. The molecule has 0 radical (unpaired) electrons. The number of allylic oxidation sites excluding steroid dienone is 4. The van der Waals surface area contributed by atoms with Crippen molar-refractivity contribution in [2.45, 2.75) is 123 Å². The number of likely N-dealkylation sites (N-methyl/N-ethyl adjacent to an activating group) is 1. The lowest BCUT2D eigenvalue weighted by molar-refractivity contribution is 0.0198. The molecule has 0 aliphatic carbocycles. The van der Waals surface area contributed by atoms with Gasteiger partial charge in [0.25, 0.3) is 0 Å². The second-order valence-corrected chi connectivity index (χ2v) is 9.41. The van der Waals surface area contributed by atoms with Crippen LogP contribution >= 0.6 is 0 Å². The summed E-state index contributed by atoms with van der Waals surface area (Å²) in [5.41, 5.74) is 0. The van der Waals surface area contributed by atoms with Crippen molar-refractivity contribution >= 4 is 0 Å². The van der Waals surface area contributed by atoms with Crippen LogP contribution in [-0.4, -0.2) is 51.5 Å². The van der Waals surface area contributed by atoms with E-state index in [-0.39, 0.29) is 0 Å². The lowest BCUT2D eigenvalue weighted by atomic mass is 10.1. The fourth-order valence-electron chi connectivity index (χ4n) is 3.61. The zero-order valence-corrected chi connectivity index (χ0v) is 22.3. The maximum Gasteiger partial charge on any atom is 0.0644 e. The number of ether oxygens (including phenoxy) is 2. The molecule has 32 heavy (non-hydrogen) atoms. The molecule has 0 aromatic carbocycles. The molecule has 0 spiro atoms. The van der Waals surface area contributed by atoms with Gasteiger partial charge in [-0.3, -0.25) is 0 Å². The Morgan fingerprint density at radius 3 is 1.53 bits per heavy atom. The lowest BCUT2D eigenvalue weighted by Crippen LogP contribution is -2.37. The first-order valence-corrected chi connectivity index (χ1v) is 13.8. The Kier molecular flexibility index (Phi) is 26.1. The van der Waals surface area contributed by atoms with Crippen LogP contribution in [0.4, 0.5) is 0 Å². The summed E-state index contributed by atoms with van der Waals surface area (Å²) in [7, 11) is 4.24. The standard InChI is InChI=1S/C29H57NO2/c1-5-7-9-11-12-13-14-15-16-17-18-19-20-21-22-24-26-32-28-29(30(3)4)27-31-25-23-10-8-6-2/h12-13,15-16,29H,5-11,14,17-28H2,1-4H3/b13-12-,16-15-. The Labute approximate surface area is 202 Å². The monoisotopic (exact) mass is 451 g/mol. The normalized spacial score (nSPS) is 13.2. The third-order valence-corrected chi connectivity index (χ3v) is 5.98. The van der Waals surface area contributed by atoms with E-state index in [1.165, 1.54) is 96.3 Å². The SMILES string of the molecule is CCCCC/C=C\C/C=C\CCCCCCCCOCC(COCCCCCC)N(C)C. The molecule has 0 rings (SSSR count). The van der Waals surface area contributed by atoms with Crippen molar-refractivity contribution in [1.29, 1.82) is 0 Å². The average molecular weight is 452 g/mol. The van der Waals surface area contributed by atoms with Crippen molar-refractivity contribution in [3.63, 3.8) is 0 Å². The first-order chi connectivity index (χ1) is 15.7. The highest BCUT2D eigenvalue weighted by Gasteiger charge is 2.11. The van der Waals surface area contributed by atoms with Gasteiger partial charge in [-0.05, 0) is 59.0 Å². The van der Waals surface area contributed by atoms with Gasteiger partial charge in [-0.25, -0.2) is 0 Å². The van der Waals surface area contributed by atoms with Gasteiger partial charge < -0.3 is 14.4 Å². The Balaban J connectivity index is 3.42. The van der Waals surface area contributed by atoms with Crippen LogP contribution in [0.3, 0.4) is 0 Å². The minimum absolute atomic E-state index is 0.366. The fourth-order valence-corrected chi connectivity index (χ4v) is 3.61. The Morgan fingerprint density at radius 1 is 0.562 bits per heavy atom. The second-order valence-electron chi connectivity index (χ2n) is 9.41. The molecule has 1 atom stereocenters. The Bertz CT molecular complexity index is 406. The van der Waals surface area contributed by atoms with Gasteiger partial charge in [0.2, 0.25) is 0 Å². The molecule has 0 aromatic heterocycles. The van der Waals surface area contributed by atoms with E-state index in [1.807, 2.05) is 0 Å². The topological polar surface area (TPSA) is 21.7 Å². The van der Waals surface area contributed by atoms with Crippen molar-refractivity contribution in [1.82, 2.24) is 4.90 Å². The van der Waals surface area contributed by atoms with Gasteiger partial charge >= 0.3 is 0 Å². The van der Waals surface area contributed by atoms with Crippen molar-refractivity contribution in [2.75, 3.05) is 40.5 Å². The van der Waals surface area contributed by atoms with Crippen LogP contribution < -0.4 is 0 Å². The van der Waals surface area contributed by atoms with E-state index >= 15 is 0 Å². The van der Waals surface area contributed by atoms with Crippen LogP contribution in [0.2, 0.25) is 0 Å². The average Bonchev–Trinajstić information content (AvgIpc) is 2.78. The van der Waals surface area contributed by atoms with Crippen LogP contribution in [0.5, 0.6) is 0 Å². The summed E-state index contributed by atoms with van der Waals surface area (Å²) in [4.78, 5) is 2.23. The summed E-state index contributed by atoms with van der Waals surface area (Å²) in [5.74, 6) is 0. The number of hydrogen-bond donors (Lipinski definition) is 0. The summed E-state index contributed by atoms with van der Waals surface area (Å²) in [6.45, 7) is 7.84. The summed E-state index contributed by atoms with van der Waals surface area (Å²) < 4.78 is 11.8. The van der Waals surface area contributed by atoms with Crippen molar-refractivity contribution < 1.29 is 9.47 Å². The van der Waals surface area contributed by atoms with E-state index in [1.54, 1.807) is 0 Å². The molecule has 0 aliphatic heterocycles.